The molecule has 2 saturated heterocycles. The summed E-state index contributed by atoms with van der Waals surface area (Å²) in [7, 11) is 1.80. The quantitative estimate of drug-likeness (QED) is 0.484. The van der Waals surface area contributed by atoms with Crippen LogP contribution in [0.3, 0.4) is 0 Å². The van der Waals surface area contributed by atoms with E-state index in [1.54, 1.807) is 18.0 Å². The molecule has 2 heterocycles. The van der Waals surface area contributed by atoms with Crippen LogP contribution in [0.15, 0.2) is 24.3 Å². The number of unbranched alkanes of at least 4 members (excludes halogenated alkanes) is 1. The van der Waals surface area contributed by atoms with E-state index in [2.05, 4.69) is 10.6 Å². The summed E-state index contributed by atoms with van der Waals surface area (Å²) in [5, 5.41) is 6.98. The van der Waals surface area contributed by atoms with Crippen LogP contribution < -0.4 is 15.4 Å². The van der Waals surface area contributed by atoms with E-state index >= 15 is 0 Å². The molecule has 6 nitrogen and oxygen atoms in total. The largest absolute Gasteiger partial charge is 0.490 e. The van der Waals surface area contributed by atoms with Crippen molar-refractivity contribution in [2.75, 3.05) is 26.0 Å². The van der Waals surface area contributed by atoms with Crippen LogP contribution in [0.4, 0.5) is 4.79 Å². The zero-order valence-corrected chi connectivity index (χ0v) is 17.0. The first-order valence-corrected chi connectivity index (χ1v) is 10.8. The van der Waals surface area contributed by atoms with Gasteiger partial charge in [-0.3, -0.25) is 4.79 Å². The fourth-order valence-electron chi connectivity index (χ4n) is 3.43. The predicted molar refractivity (Wildman–Crippen MR) is 109 cm³/mol. The second-order valence-corrected chi connectivity index (χ2v) is 8.64. The molecule has 2 N–H and O–H groups in total. The van der Waals surface area contributed by atoms with E-state index in [-0.39, 0.29) is 24.0 Å². The SMILES string of the molecule is CN(CCOc1ccccc1Cl)C(=O)CCCC[C@@H]1SC[C@H]2NC(=O)N[C@H]12. The molecule has 0 spiro atoms. The van der Waals surface area contributed by atoms with Gasteiger partial charge in [-0.25, -0.2) is 4.79 Å². The standard InChI is InChI=1S/C19H26ClN3O3S/c1-23(10-11-26-15-7-3-2-6-13(15)20)17(24)9-5-4-8-16-18-14(12-27-16)21-19(25)22-18/h2-3,6-7,14,16,18H,4-5,8-12H2,1H3,(H2,21,22,25)/t14-,16+,18+/m1/s1. The van der Waals surface area contributed by atoms with Crippen LogP contribution in [0.2, 0.25) is 5.02 Å². The maximum atomic E-state index is 12.2. The zero-order chi connectivity index (χ0) is 19.2. The van der Waals surface area contributed by atoms with Crippen molar-refractivity contribution >= 4 is 35.3 Å². The van der Waals surface area contributed by atoms with E-state index < -0.39 is 0 Å². The number of fused-ring (bicyclic) bond motifs is 1. The molecule has 3 rings (SSSR count). The molecule has 2 aliphatic heterocycles. The van der Waals surface area contributed by atoms with Gasteiger partial charge < -0.3 is 20.3 Å². The lowest BCUT2D eigenvalue weighted by Gasteiger charge is -2.19. The number of urea groups is 1. The number of carbonyl (C=O) groups is 2. The van der Waals surface area contributed by atoms with E-state index in [4.69, 9.17) is 16.3 Å². The fraction of sp³-hybridized carbons (Fsp3) is 0.579. The summed E-state index contributed by atoms with van der Waals surface area (Å²) >= 11 is 7.96. The van der Waals surface area contributed by atoms with E-state index in [0.29, 0.717) is 35.6 Å². The molecule has 0 aliphatic carbocycles. The molecular formula is C19H26ClN3O3S. The number of benzene rings is 1. The maximum Gasteiger partial charge on any atom is 0.315 e. The molecule has 0 bridgehead atoms. The van der Waals surface area contributed by atoms with Gasteiger partial charge in [0.15, 0.2) is 0 Å². The molecule has 3 amide bonds. The van der Waals surface area contributed by atoms with Crippen LogP contribution in [0.5, 0.6) is 5.75 Å². The molecule has 0 aromatic heterocycles. The van der Waals surface area contributed by atoms with Crippen LogP contribution >= 0.6 is 23.4 Å². The van der Waals surface area contributed by atoms with Crippen LogP contribution in [0.25, 0.3) is 0 Å². The first kappa shape index (κ1) is 20.1. The molecule has 1 aromatic rings. The van der Waals surface area contributed by atoms with Crippen molar-refractivity contribution < 1.29 is 14.3 Å². The van der Waals surface area contributed by atoms with Crippen molar-refractivity contribution in [2.24, 2.45) is 0 Å². The summed E-state index contributed by atoms with van der Waals surface area (Å²) in [5.41, 5.74) is 0. The van der Waals surface area contributed by atoms with Gasteiger partial charge in [0.05, 0.1) is 23.7 Å². The number of halogens is 1. The lowest BCUT2D eigenvalue weighted by Crippen LogP contribution is -2.36. The van der Waals surface area contributed by atoms with Gasteiger partial charge >= 0.3 is 6.03 Å². The number of ether oxygens (including phenoxy) is 1. The number of hydrogen-bond donors (Lipinski definition) is 2. The number of carbonyl (C=O) groups excluding carboxylic acids is 2. The summed E-state index contributed by atoms with van der Waals surface area (Å²) in [6.45, 7) is 0.949. The third-order valence-corrected chi connectivity index (χ3v) is 6.83. The fourth-order valence-corrected chi connectivity index (χ4v) is 5.17. The lowest BCUT2D eigenvalue weighted by atomic mass is 10.0. The number of nitrogens with zero attached hydrogens (tertiary/aromatic N) is 1. The number of likely N-dealkylation sites (N-methyl/N-ethyl adjacent to an activating group) is 1. The van der Waals surface area contributed by atoms with Crippen LogP contribution in [0.1, 0.15) is 25.7 Å². The molecule has 2 fully saturated rings. The molecule has 0 saturated carbocycles. The summed E-state index contributed by atoms with van der Waals surface area (Å²) < 4.78 is 5.63. The van der Waals surface area contributed by atoms with Gasteiger partial charge in [-0.15, -0.1) is 0 Å². The Kier molecular flexibility index (Phi) is 7.13. The number of amides is 3. The lowest BCUT2D eigenvalue weighted by molar-refractivity contribution is -0.130. The third kappa shape index (κ3) is 5.45. The Morgan fingerprint density at radius 2 is 2.15 bits per heavy atom. The second kappa shape index (κ2) is 9.55. The van der Waals surface area contributed by atoms with E-state index in [1.807, 2.05) is 30.0 Å². The summed E-state index contributed by atoms with van der Waals surface area (Å²) in [4.78, 5) is 25.3. The van der Waals surface area contributed by atoms with Gasteiger partial charge in [0.2, 0.25) is 5.91 Å². The van der Waals surface area contributed by atoms with Gasteiger partial charge in [-0.1, -0.05) is 30.2 Å². The Hall–Kier alpha value is -1.60. The van der Waals surface area contributed by atoms with E-state index in [9.17, 15) is 9.59 Å². The Morgan fingerprint density at radius 3 is 2.96 bits per heavy atom. The van der Waals surface area contributed by atoms with Crippen LogP contribution in [-0.4, -0.2) is 60.1 Å². The average molecular weight is 412 g/mol. The third-order valence-electron chi connectivity index (χ3n) is 5.01. The zero-order valence-electron chi connectivity index (χ0n) is 15.4. The van der Waals surface area contributed by atoms with E-state index in [0.717, 1.165) is 25.0 Å². The molecule has 0 radical (unpaired) electrons. The highest BCUT2D eigenvalue weighted by Gasteiger charge is 2.42. The molecule has 148 valence electrons. The summed E-state index contributed by atoms with van der Waals surface area (Å²) in [6, 6.07) is 7.77. The highest BCUT2D eigenvalue weighted by atomic mass is 35.5. The van der Waals surface area contributed by atoms with Crippen LogP contribution in [0, 0.1) is 0 Å². The van der Waals surface area contributed by atoms with Crippen molar-refractivity contribution in [1.82, 2.24) is 15.5 Å². The molecule has 0 unspecified atom stereocenters. The van der Waals surface area contributed by atoms with Gasteiger partial charge in [-0.2, -0.15) is 11.8 Å². The predicted octanol–water partition coefficient (Wildman–Crippen LogP) is 2.90. The number of para-hydroxylation sites is 1. The Bertz CT molecular complexity index is 675. The monoisotopic (exact) mass is 411 g/mol. The summed E-state index contributed by atoms with van der Waals surface area (Å²) in [6.07, 6.45) is 3.43. The van der Waals surface area contributed by atoms with Gasteiger partial charge in [-0.05, 0) is 25.0 Å². The van der Waals surface area contributed by atoms with Gasteiger partial charge in [0, 0.05) is 24.5 Å². The minimum atomic E-state index is -0.0499. The first-order valence-electron chi connectivity index (χ1n) is 9.34. The van der Waals surface area contributed by atoms with Crippen molar-refractivity contribution in [1.29, 1.82) is 0 Å². The van der Waals surface area contributed by atoms with Crippen molar-refractivity contribution in [3.05, 3.63) is 29.3 Å². The topological polar surface area (TPSA) is 70.7 Å². The minimum Gasteiger partial charge on any atom is -0.490 e. The molecule has 8 heteroatoms. The summed E-state index contributed by atoms with van der Waals surface area (Å²) in [5.74, 6) is 1.74. The molecule has 27 heavy (non-hydrogen) atoms. The minimum absolute atomic E-state index is 0.0499. The molecular weight excluding hydrogens is 386 g/mol. The number of nitrogens with one attached hydrogen (secondary N) is 2. The normalized spacial score (nSPS) is 23.5. The molecule has 3 atom stereocenters. The highest BCUT2D eigenvalue weighted by molar-refractivity contribution is 8.00. The number of thioether (sulfide) groups is 1. The smallest absolute Gasteiger partial charge is 0.315 e. The van der Waals surface area contributed by atoms with Crippen LogP contribution in [-0.2, 0) is 4.79 Å². The second-order valence-electron chi connectivity index (χ2n) is 6.96. The van der Waals surface area contributed by atoms with Crippen molar-refractivity contribution in [3.63, 3.8) is 0 Å². The average Bonchev–Trinajstić information content (AvgIpc) is 3.19. The van der Waals surface area contributed by atoms with Crippen molar-refractivity contribution in [2.45, 2.75) is 43.0 Å². The van der Waals surface area contributed by atoms with Gasteiger partial charge in [0.25, 0.3) is 0 Å². The van der Waals surface area contributed by atoms with Gasteiger partial charge in [0.1, 0.15) is 12.4 Å². The van der Waals surface area contributed by atoms with Crippen molar-refractivity contribution in [3.8, 4) is 5.75 Å². The molecule has 2 aliphatic rings. The highest BCUT2D eigenvalue weighted by Crippen LogP contribution is 2.33. The first-order chi connectivity index (χ1) is 13.0. The Balaban J connectivity index is 1.29. The Labute approximate surface area is 169 Å². The Morgan fingerprint density at radius 1 is 1.33 bits per heavy atom. The van der Waals surface area contributed by atoms with E-state index in [1.165, 1.54) is 0 Å². The maximum absolute atomic E-state index is 12.2. The molecule has 1 aromatic carbocycles. The number of hydrogen-bond acceptors (Lipinski definition) is 4. The number of rotatable bonds is 9.